The zero-order valence-electron chi connectivity index (χ0n) is 18.4. The monoisotopic (exact) mass is 477 g/mol. The fraction of sp³-hybridized carbons (Fsp3) is 0.125. The van der Waals surface area contributed by atoms with Gasteiger partial charge in [0.25, 0.3) is 11.8 Å². The van der Waals surface area contributed by atoms with Gasteiger partial charge >= 0.3 is 6.09 Å². The molecule has 0 radical (unpaired) electrons. The topological polar surface area (TPSA) is 106 Å². The summed E-state index contributed by atoms with van der Waals surface area (Å²) >= 11 is 6.42. The van der Waals surface area contributed by atoms with E-state index in [1.54, 1.807) is 48.8 Å². The van der Waals surface area contributed by atoms with Crippen molar-refractivity contribution in [3.8, 4) is 11.3 Å². The highest BCUT2D eigenvalue weighted by Crippen LogP contribution is 2.35. The van der Waals surface area contributed by atoms with Gasteiger partial charge in [-0.05, 0) is 38.1 Å². The third kappa shape index (κ3) is 4.20. The second-order valence-electron chi connectivity index (χ2n) is 7.66. The van der Waals surface area contributed by atoms with Gasteiger partial charge < -0.3 is 4.74 Å². The van der Waals surface area contributed by atoms with Gasteiger partial charge in [-0.25, -0.2) is 19.7 Å². The number of imide groups is 1. The van der Waals surface area contributed by atoms with E-state index in [0.29, 0.717) is 33.4 Å². The second-order valence-corrected chi connectivity index (χ2v) is 8.07. The molecule has 0 atom stereocenters. The number of carbonyl (C=O) groups excluding carboxylic acids is 3. The van der Waals surface area contributed by atoms with Crippen LogP contribution < -0.4 is 10.2 Å². The predicted molar refractivity (Wildman–Crippen MR) is 129 cm³/mol. The Kier molecular flexibility index (Phi) is 6.04. The van der Waals surface area contributed by atoms with Crippen molar-refractivity contribution in [3.63, 3.8) is 0 Å². The molecule has 9 nitrogen and oxygen atoms in total. The number of nitrogens with one attached hydrogen (secondary N) is 1. The molecule has 0 aliphatic carbocycles. The lowest BCUT2D eigenvalue weighted by molar-refractivity contribution is -0.119. The third-order valence-corrected chi connectivity index (χ3v) is 5.22. The zero-order valence-corrected chi connectivity index (χ0v) is 19.2. The van der Waals surface area contributed by atoms with Gasteiger partial charge in [-0.15, -0.1) is 0 Å². The molecule has 3 heterocycles. The van der Waals surface area contributed by atoms with Crippen LogP contribution in [0.4, 0.5) is 16.2 Å². The van der Waals surface area contributed by atoms with E-state index in [2.05, 4.69) is 28.4 Å². The van der Waals surface area contributed by atoms with Crippen LogP contribution in [0.5, 0.6) is 0 Å². The summed E-state index contributed by atoms with van der Waals surface area (Å²) in [4.78, 5) is 47.1. The van der Waals surface area contributed by atoms with E-state index in [-0.39, 0.29) is 17.3 Å². The van der Waals surface area contributed by atoms with Crippen LogP contribution in [0.15, 0.2) is 73.2 Å². The number of nitrogens with zero attached hydrogens (tertiary/aromatic N) is 4. The fourth-order valence-corrected chi connectivity index (χ4v) is 3.62. The maximum atomic E-state index is 12.8. The number of fused-ring (bicyclic) bond motifs is 1. The minimum atomic E-state index is -0.598. The largest absolute Gasteiger partial charge is 0.447 e. The van der Waals surface area contributed by atoms with Crippen molar-refractivity contribution in [1.82, 2.24) is 14.4 Å². The van der Waals surface area contributed by atoms with Crippen LogP contribution in [0.2, 0.25) is 5.02 Å². The second kappa shape index (κ2) is 8.95. The Hall–Kier alpha value is -4.24. The highest BCUT2D eigenvalue weighted by molar-refractivity contribution is 6.37. The normalized spacial score (nSPS) is 15.0. The Labute approximate surface area is 200 Å². The molecule has 1 aromatic carbocycles. The number of halogens is 1. The SMILES string of the molecule is C=C/C=C1\C(=C)C(=O)N(c2ccc(Cl)c(-c3cn4cc(NC(=O)OC(C)C)cnc4n3)c2)C1=O. The number of hydrogen-bond acceptors (Lipinski definition) is 6. The lowest BCUT2D eigenvalue weighted by Gasteiger charge is -2.14. The molecule has 0 bridgehead atoms. The van der Waals surface area contributed by atoms with E-state index in [4.69, 9.17) is 16.3 Å². The fourth-order valence-electron chi connectivity index (χ4n) is 3.41. The van der Waals surface area contributed by atoms with Crippen LogP contribution in [0.25, 0.3) is 17.0 Å². The number of ether oxygens (including phenoxy) is 1. The lowest BCUT2D eigenvalue weighted by atomic mass is 10.1. The summed E-state index contributed by atoms with van der Waals surface area (Å²) in [7, 11) is 0. The highest BCUT2D eigenvalue weighted by atomic mass is 35.5. The van der Waals surface area contributed by atoms with Crippen molar-refractivity contribution in [1.29, 1.82) is 0 Å². The highest BCUT2D eigenvalue weighted by Gasteiger charge is 2.38. The number of rotatable bonds is 5. The number of amides is 3. The summed E-state index contributed by atoms with van der Waals surface area (Å²) < 4.78 is 6.68. The lowest BCUT2D eigenvalue weighted by Crippen LogP contribution is -2.29. The van der Waals surface area contributed by atoms with Crippen LogP contribution in [0, 0.1) is 0 Å². The van der Waals surface area contributed by atoms with E-state index < -0.39 is 17.9 Å². The molecular weight excluding hydrogens is 458 g/mol. The molecule has 0 unspecified atom stereocenters. The average Bonchev–Trinajstić information content (AvgIpc) is 3.28. The number of benzene rings is 1. The molecule has 1 aliphatic heterocycles. The Bertz CT molecular complexity index is 1410. The van der Waals surface area contributed by atoms with Crippen LogP contribution in [0.3, 0.4) is 0 Å². The van der Waals surface area contributed by atoms with E-state index in [1.807, 2.05) is 0 Å². The molecule has 34 heavy (non-hydrogen) atoms. The molecule has 3 aromatic rings. The molecule has 0 spiro atoms. The van der Waals surface area contributed by atoms with Crippen LogP contribution in [-0.4, -0.2) is 38.4 Å². The first kappa shape index (κ1) is 22.9. The third-order valence-electron chi connectivity index (χ3n) is 4.89. The molecule has 1 fully saturated rings. The zero-order chi connectivity index (χ0) is 24.6. The van der Waals surface area contributed by atoms with Crippen molar-refractivity contribution in [2.24, 2.45) is 0 Å². The maximum absolute atomic E-state index is 12.8. The first-order valence-electron chi connectivity index (χ1n) is 10.2. The van der Waals surface area contributed by atoms with Gasteiger partial charge in [0.05, 0.1) is 40.0 Å². The van der Waals surface area contributed by atoms with Crippen molar-refractivity contribution >= 4 is 46.7 Å². The minimum Gasteiger partial charge on any atom is -0.447 e. The Morgan fingerprint density at radius 3 is 2.71 bits per heavy atom. The van der Waals surface area contributed by atoms with Crippen molar-refractivity contribution in [2.45, 2.75) is 20.0 Å². The van der Waals surface area contributed by atoms with Gasteiger partial charge in [0.15, 0.2) is 0 Å². The Balaban J connectivity index is 1.69. The van der Waals surface area contributed by atoms with Gasteiger partial charge in [-0.3, -0.25) is 19.3 Å². The average molecular weight is 478 g/mol. The molecule has 172 valence electrons. The van der Waals surface area contributed by atoms with Crippen molar-refractivity contribution < 1.29 is 19.1 Å². The van der Waals surface area contributed by atoms with Crippen LogP contribution in [-0.2, 0) is 14.3 Å². The molecular formula is C24H20ClN5O4. The Morgan fingerprint density at radius 1 is 1.24 bits per heavy atom. The first-order valence-corrected chi connectivity index (χ1v) is 10.6. The molecule has 3 amide bonds. The quantitative estimate of drug-likeness (QED) is 0.427. The Morgan fingerprint density at radius 2 is 2.00 bits per heavy atom. The van der Waals surface area contributed by atoms with Crippen molar-refractivity contribution in [2.75, 3.05) is 10.2 Å². The predicted octanol–water partition coefficient (Wildman–Crippen LogP) is 4.55. The summed E-state index contributed by atoms with van der Waals surface area (Å²) in [5.41, 5.74) is 1.97. The smallest absolute Gasteiger partial charge is 0.411 e. The molecule has 4 rings (SSSR count). The van der Waals surface area contributed by atoms with Crippen LogP contribution in [0.1, 0.15) is 13.8 Å². The molecule has 1 N–H and O–H groups in total. The number of hydrogen-bond donors (Lipinski definition) is 1. The molecule has 0 saturated carbocycles. The molecule has 1 saturated heterocycles. The van der Waals surface area contributed by atoms with E-state index in [1.165, 1.54) is 18.3 Å². The number of aromatic nitrogens is 3. The first-order chi connectivity index (χ1) is 16.2. The molecule has 10 heteroatoms. The number of anilines is 2. The summed E-state index contributed by atoms with van der Waals surface area (Å²) in [5.74, 6) is -0.659. The number of imidazole rings is 1. The van der Waals surface area contributed by atoms with E-state index in [0.717, 1.165) is 4.90 Å². The number of allylic oxidation sites excluding steroid dienone is 2. The van der Waals surface area contributed by atoms with Gasteiger partial charge in [-0.2, -0.15) is 0 Å². The maximum Gasteiger partial charge on any atom is 0.411 e. The van der Waals surface area contributed by atoms with Crippen LogP contribution >= 0.6 is 11.6 Å². The number of carbonyl (C=O) groups is 3. The minimum absolute atomic E-state index is 0.0920. The summed E-state index contributed by atoms with van der Waals surface area (Å²) in [6.45, 7) is 10.8. The van der Waals surface area contributed by atoms with Gasteiger partial charge in [-0.1, -0.05) is 30.8 Å². The molecule has 1 aliphatic rings. The molecule has 2 aromatic heterocycles. The van der Waals surface area contributed by atoms with Crippen molar-refractivity contribution in [3.05, 3.63) is 78.3 Å². The van der Waals surface area contributed by atoms with Gasteiger partial charge in [0, 0.05) is 23.5 Å². The standard InChI is InChI=1S/C24H20ClN5O4/c1-5-6-17-14(4)21(31)30(22(17)32)16-7-8-19(25)18(9-16)20-12-29-11-15(10-26-23(29)28-20)27-24(33)34-13(2)3/h5-13H,1,4H2,2-3H3,(H,27,33)/b17-6+. The summed E-state index contributed by atoms with van der Waals surface area (Å²) in [5, 5.41) is 2.97. The summed E-state index contributed by atoms with van der Waals surface area (Å²) in [6.07, 6.45) is 6.77. The van der Waals surface area contributed by atoms with E-state index in [9.17, 15) is 14.4 Å². The summed E-state index contributed by atoms with van der Waals surface area (Å²) in [6, 6.07) is 4.75. The van der Waals surface area contributed by atoms with Gasteiger partial charge in [0.2, 0.25) is 5.78 Å². The van der Waals surface area contributed by atoms with Gasteiger partial charge in [0.1, 0.15) is 0 Å². The van der Waals surface area contributed by atoms with E-state index >= 15 is 0 Å².